The fourth-order valence-corrected chi connectivity index (χ4v) is 2.29. The molecule has 0 spiro atoms. The summed E-state index contributed by atoms with van der Waals surface area (Å²) < 4.78 is 0. The molecule has 1 fully saturated rings. The van der Waals surface area contributed by atoms with E-state index in [1.807, 2.05) is 30.3 Å². The minimum Gasteiger partial charge on any atom is -0.391 e. The lowest BCUT2D eigenvalue weighted by Gasteiger charge is -2.26. The van der Waals surface area contributed by atoms with E-state index in [0.29, 0.717) is 6.54 Å². The third kappa shape index (κ3) is 4.56. The number of hydrogen-bond donors (Lipinski definition) is 2. The zero-order chi connectivity index (χ0) is 16.1. The molecule has 1 saturated carbocycles. The summed E-state index contributed by atoms with van der Waals surface area (Å²) in [5, 5.41) is 12.5. The van der Waals surface area contributed by atoms with Crippen molar-refractivity contribution in [3.63, 3.8) is 0 Å². The Kier molecular flexibility index (Phi) is 5.55. The molecule has 22 heavy (non-hydrogen) atoms. The molecule has 0 bridgehead atoms. The van der Waals surface area contributed by atoms with Crippen LogP contribution in [0.25, 0.3) is 0 Å². The molecule has 5 heteroatoms. The molecule has 2 N–H and O–H groups in total. The molecule has 1 aromatic carbocycles. The van der Waals surface area contributed by atoms with E-state index >= 15 is 0 Å². The van der Waals surface area contributed by atoms with Crippen molar-refractivity contribution in [2.45, 2.75) is 38.3 Å². The molecule has 120 valence electrons. The van der Waals surface area contributed by atoms with Gasteiger partial charge in [0.1, 0.15) is 6.04 Å². The van der Waals surface area contributed by atoms with Gasteiger partial charge in [0, 0.05) is 19.5 Å². The summed E-state index contributed by atoms with van der Waals surface area (Å²) in [4.78, 5) is 25.8. The molecule has 1 aliphatic carbocycles. The van der Waals surface area contributed by atoms with Crippen molar-refractivity contribution < 1.29 is 14.7 Å². The lowest BCUT2D eigenvalue weighted by Crippen LogP contribution is -2.53. The van der Waals surface area contributed by atoms with Gasteiger partial charge in [-0.2, -0.15) is 0 Å². The van der Waals surface area contributed by atoms with Crippen LogP contribution >= 0.6 is 0 Å². The molecule has 2 rings (SSSR count). The molecule has 0 radical (unpaired) electrons. The van der Waals surface area contributed by atoms with Gasteiger partial charge >= 0.3 is 0 Å². The first-order valence-electron chi connectivity index (χ1n) is 7.76. The predicted molar refractivity (Wildman–Crippen MR) is 84.1 cm³/mol. The Labute approximate surface area is 131 Å². The highest BCUT2D eigenvalue weighted by Crippen LogP contribution is 2.29. The number of hydrogen-bond acceptors (Lipinski definition) is 3. The smallest absolute Gasteiger partial charge is 0.247 e. The highest BCUT2D eigenvalue weighted by Gasteiger charge is 2.35. The van der Waals surface area contributed by atoms with E-state index in [-0.39, 0.29) is 17.7 Å². The number of carbonyl (C=O) groups is 2. The molecule has 1 aliphatic rings. The molecule has 2 unspecified atom stereocenters. The number of benzene rings is 1. The molecule has 0 aliphatic heterocycles. The van der Waals surface area contributed by atoms with Crippen LogP contribution < -0.4 is 5.32 Å². The van der Waals surface area contributed by atoms with Crippen molar-refractivity contribution in [3.05, 3.63) is 35.9 Å². The third-order valence-corrected chi connectivity index (χ3v) is 3.95. The zero-order valence-electron chi connectivity index (χ0n) is 13.2. The summed E-state index contributed by atoms with van der Waals surface area (Å²) in [6.07, 6.45) is 1.58. The van der Waals surface area contributed by atoms with Crippen LogP contribution in [0, 0.1) is 5.92 Å². The normalized spacial score (nSPS) is 16.7. The maximum absolute atomic E-state index is 12.4. The number of aliphatic hydroxyl groups excluding tert-OH is 1. The van der Waals surface area contributed by atoms with E-state index in [9.17, 15) is 14.7 Å². The predicted octanol–water partition coefficient (Wildman–Crippen LogP) is 0.963. The van der Waals surface area contributed by atoms with Gasteiger partial charge in [0.2, 0.25) is 11.8 Å². The highest BCUT2D eigenvalue weighted by atomic mass is 16.3. The van der Waals surface area contributed by atoms with Crippen LogP contribution in [0.4, 0.5) is 0 Å². The van der Waals surface area contributed by atoms with Crippen LogP contribution in [0.15, 0.2) is 30.3 Å². The minimum absolute atomic E-state index is 0.0173. The Hall–Kier alpha value is -1.88. The summed E-state index contributed by atoms with van der Waals surface area (Å²) >= 11 is 0. The fourth-order valence-electron chi connectivity index (χ4n) is 2.29. The number of amides is 2. The van der Waals surface area contributed by atoms with Gasteiger partial charge < -0.3 is 15.3 Å². The summed E-state index contributed by atoms with van der Waals surface area (Å²) in [6, 6.07) is 9.04. The van der Waals surface area contributed by atoms with E-state index in [2.05, 4.69) is 5.32 Å². The van der Waals surface area contributed by atoms with Gasteiger partial charge in [0.25, 0.3) is 0 Å². The first-order chi connectivity index (χ1) is 10.5. The number of nitrogens with zero attached hydrogens (tertiary/aromatic N) is 1. The van der Waals surface area contributed by atoms with Gasteiger partial charge in [-0.25, -0.2) is 0 Å². The van der Waals surface area contributed by atoms with Crippen molar-refractivity contribution in [1.82, 2.24) is 10.2 Å². The number of carbonyl (C=O) groups excluding carboxylic acids is 2. The van der Waals surface area contributed by atoms with E-state index in [4.69, 9.17) is 0 Å². The molecule has 1 aromatic rings. The first-order valence-corrected chi connectivity index (χ1v) is 7.76. The minimum atomic E-state index is -0.908. The molecule has 5 nitrogen and oxygen atoms in total. The first kappa shape index (κ1) is 16.5. The maximum Gasteiger partial charge on any atom is 0.247 e. The number of nitrogens with one attached hydrogen (secondary N) is 1. The maximum atomic E-state index is 12.4. The van der Waals surface area contributed by atoms with Gasteiger partial charge in [0.05, 0.1) is 6.10 Å². The van der Waals surface area contributed by atoms with Crippen LogP contribution in [0.3, 0.4) is 0 Å². The van der Waals surface area contributed by atoms with Gasteiger partial charge in [-0.05, 0) is 31.7 Å². The molecular formula is C17H24N2O3. The summed E-state index contributed by atoms with van der Waals surface area (Å²) in [7, 11) is 1.70. The van der Waals surface area contributed by atoms with Gasteiger partial charge in [-0.15, -0.1) is 0 Å². The topological polar surface area (TPSA) is 69.6 Å². The lowest BCUT2D eigenvalue weighted by molar-refractivity contribution is -0.138. The Bertz CT molecular complexity index is 512. The van der Waals surface area contributed by atoms with Crippen molar-refractivity contribution in [2.24, 2.45) is 5.92 Å². The molecule has 0 saturated heterocycles. The van der Waals surface area contributed by atoms with E-state index in [1.165, 1.54) is 6.92 Å². The van der Waals surface area contributed by atoms with E-state index in [1.54, 1.807) is 11.9 Å². The highest BCUT2D eigenvalue weighted by molar-refractivity contribution is 5.89. The molecular weight excluding hydrogens is 280 g/mol. The number of rotatable bonds is 7. The second kappa shape index (κ2) is 7.40. The molecule has 2 amide bonds. The van der Waals surface area contributed by atoms with Crippen molar-refractivity contribution in [2.75, 3.05) is 13.6 Å². The van der Waals surface area contributed by atoms with Crippen LogP contribution in [0.2, 0.25) is 0 Å². The molecule has 2 atom stereocenters. The second-order valence-corrected chi connectivity index (χ2v) is 6.00. The molecule has 0 heterocycles. The standard InChI is InChI=1S/C17H24N2O3/c1-12(20)15(18-16(21)14-8-9-14)17(22)19(2)11-10-13-6-4-3-5-7-13/h3-7,12,14-15,20H,8-11H2,1-2H3,(H,18,21). The van der Waals surface area contributed by atoms with Crippen LogP contribution in [-0.2, 0) is 16.0 Å². The van der Waals surface area contributed by atoms with Gasteiger partial charge in [-0.1, -0.05) is 30.3 Å². The Morgan fingerprint density at radius 1 is 1.32 bits per heavy atom. The zero-order valence-corrected chi connectivity index (χ0v) is 13.2. The SMILES string of the molecule is CC(O)C(NC(=O)C1CC1)C(=O)N(C)CCc1ccccc1. The monoisotopic (exact) mass is 304 g/mol. The van der Waals surface area contributed by atoms with E-state index in [0.717, 1.165) is 24.8 Å². The Balaban J connectivity index is 1.89. The van der Waals surface area contributed by atoms with Crippen LogP contribution in [0.5, 0.6) is 0 Å². The summed E-state index contributed by atoms with van der Waals surface area (Å²) in [6.45, 7) is 2.08. The molecule has 0 aromatic heterocycles. The second-order valence-electron chi connectivity index (χ2n) is 6.00. The summed E-state index contributed by atoms with van der Waals surface area (Å²) in [5.74, 6) is -0.362. The van der Waals surface area contributed by atoms with Crippen molar-refractivity contribution in [1.29, 1.82) is 0 Å². The average Bonchev–Trinajstić information content (AvgIpc) is 3.35. The quantitative estimate of drug-likeness (QED) is 0.788. The van der Waals surface area contributed by atoms with Crippen molar-refractivity contribution >= 4 is 11.8 Å². The van der Waals surface area contributed by atoms with Crippen molar-refractivity contribution in [3.8, 4) is 0 Å². The Morgan fingerprint density at radius 2 is 1.95 bits per heavy atom. The van der Waals surface area contributed by atoms with E-state index < -0.39 is 12.1 Å². The average molecular weight is 304 g/mol. The third-order valence-electron chi connectivity index (χ3n) is 3.95. The Morgan fingerprint density at radius 3 is 2.50 bits per heavy atom. The number of aliphatic hydroxyl groups is 1. The summed E-state index contributed by atoms with van der Waals surface area (Å²) in [5.41, 5.74) is 1.15. The van der Waals surface area contributed by atoms with Crippen LogP contribution in [-0.4, -0.2) is 47.6 Å². The lowest BCUT2D eigenvalue weighted by atomic mass is 10.1. The number of likely N-dealkylation sites (N-methyl/N-ethyl adjacent to an activating group) is 1. The fraction of sp³-hybridized carbons (Fsp3) is 0.529. The van der Waals surface area contributed by atoms with Gasteiger partial charge in [0.15, 0.2) is 0 Å². The largest absolute Gasteiger partial charge is 0.391 e. The van der Waals surface area contributed by atoms with Crippen LogP contribution in [0.1, 0.15) is 25.3 Å². The van der Waals surface area contributed by atoms with Gasteiger partial charge in [-0.3, -0.25) is 9.59 Å².